The number of pyridine rings is 1. The second-order valence-electron chi connectivity index (χ2n) is 4.45. The highest BCUT2D eigenvalue weighted by Gasteiger charge is 2.21. The Morgan fingerprint density at radius 1 is 1.53 bits per heavy atom. The van der Waals surface area contributed by atoms with E-state index in [0.29, 0.717) is 0 Å². The molecule has 0 aromatic carbocycles. The van der Waals surface area contributed by atoms with Crippen molar-refractivity contribution in [2.75, 3.05) is 31.6 Å². The molecule has 0 spiro atoms. The van der Waals surface area contributed by atoms with Gasteiger partial charge in [0.1, 0.15) is 5.82 Å². The molecule has 0 unspecified atom stereocenters. The fourth-order valence-corrected chi connectivity index (χ4v) is 3.03. The largest absolute Gasteiger partial charge is 0.355 e. The second kappa shape index (κ2) is 6.03. The fourth-order valence-electron chi connectivity index (χ4n) is 2.28. The molecule has 1 aromatic rings. The van der Waals surface area contributed by atoms with Crippen LogP contribution < -0.4 is 10.2 Å². The molecule has 1 aliphatic rings. The van der Waals surface area contributed by atoms with Gasteiger partial charge in [0.25, 0.3) is 0 Å². The van der Waals surface area contributed by atoms with Crippen molar-refractivity contribution < 1.29 is 0 Å². The number of rotatable bonds is 3. The van der Waals surface area contributed by atoms with Crippen molar-refractivity contribution in [1.82, 2.24) is 10.3 Å². The summed E-state index contributed by atoms with van der Waals surface area (Å²) in [6, 6.07) is 1.91. The molecule has 3 nitrogen and oxygen atoms in total. The van der Waals surface area contributed by atoms with Gasteiger partial charge in [0.15, 0.2) is 0 Å². The summed E-state index contributed by atoms with van der Waals surface area (Å²) >= 11 is 9.59. The monoisotopic (exact) mass is 317 g/mol. The van der Waals surface area contributed by atoms with Gasteiger partial charge in [-0.25, -0.2) is 4.98 Å². The predicted molar refractivity (Wildman–Crippen MR) is 75.8 cm³/mol. The van der Waals surface area contributed by atoms with Crippen molar-refractivity contribution in [3.63, 3.8) is 0 Å². The molecule has 1 aliphatic heterocycles. The van der Waals surface area contributed by atoms with Gasteiger partial charge in [-0.1, -0.05) is 11.6 Å². The molecule has 1 fully saturated rings. The van der Waals surface area contributed by atoms with E-state index >= 15 is 0 Å². The minimum Gasteiger partial charge on any atom is -0.355 e. The summed E-state index contributed by atoms with van der Waals surface area (Å²) in [6.07, 6.45) is 4.21. The lowest BCUT2D eigenvalue weighted by molar-refractivity contribution is 0.392. The molecule has 5 heteroatoms. The van der Waals surface area contributed by atoms with Crippen LogP contribution >= 0.6 is 27.5 Å². The number of hydrogen-bond donors (Lipinski definition) is 1. The third-order valence-corrected chi connectivity index (χ3v) is 3.91. The number of hydrogen-bond acceptors (Lipinski definition) is 3. The second-order valence-corrected chi connectivity index (χ2v) is 5.77. The van der Waals surface area contributed by atoms with Gasteiger partial charge < -0.3 is 10.2 Å². The first-order valence-electron chi connectivity index (χ1n) is 5.91. The minimum atomic E-state index is 0.728. The van der Waals surface area contributed by atoms with Crippen LogP contribution in [0.2, 0.25) is 5.02 Å². The molecule has 94 valence electrons. The number of halogens is 2. The molecule has 0 bridgehead atoms. The first-order valence-corrected chi connectivity index (χ1v) is 7.08. The van der Waals surface area contributed by atoms with Crippen molar-refractivity contribution in [1.29, 1.82) is 0 Å². The molecule has 0 atom stereocenters. The lowest BCUT2D eigenvalue weighted by atomic mass is 9.97. The summed E-state index contributed by atoms with van der Waals surface area (Å²) in [5.74, 6) is 1.70. The summed E-state index contributed by atoms with van der Waals surface area (Å²) in [4.78, 5) is 6.68. The highest BCUT2D eigenvalue weighted by molar-refractivity contribution is 9.10. The van der Waals surface area contributed by atoms with Crippen LogP contribution in [-0.2, 0) is 0 Å². The van der Waals surface area contributed by atoms with Gasteiger partial charge >= 0.3 is 0 Å². The maximum absolute atomic E-state index is 6.21. The van der Waals surface area contributed by atoms with Gasteiger partial charge in [0.05, 0.1) is 5.02 Å². The molecule has 0 amide bonds. The van der Waals surface area contributed by atoms with E-state index in [2.05, 4.69) is 31.1 Å². The van der Waals surface area contributed by atoms with E-state index in [-0.39, 0.29) is 0 Å². The zero-order valence-electron chi connectivity index (χ0n) is 9.92. The van der Waals surface area contributed by atoms with Crippen LogP contribution in [0.5, 0.6) is 0 Å². The third kappa shape index (κ3) is 3.33. The maximum atomic E-state index is 6.21. The van der Waals surface area contributed by atoms with Gasteiger partial charge in [-0.3, -0.25) is 0 Å². The quantitative estimate of drug-likeness (QED) is 0.929. The average molecular weight is 319 g/mol. The Labute approximate surface area is 116 Å². The number of aromatic nitrogens is 1. The maximum Gasteiger partial charge on any atom is 0.147 e. The van der Waals surface area contributed by atoms with Gasteiger partial charge in [-0.2, -0.15) is 0 Å². The first kappa shape index (κ1) is 13.1. The molecule has 1 N–H and O–H groups in total. The molecule has 1 saturated heterocycles. The van der Waals surface area contributed by atoms with E-state index in [1.165, 1.54) is 12.8 Å². The van der Waals surface area contributed by atoms with E-state index in [4.69, 9.17) is 11.6 Å². The SMILES string of the molecule is CNCC1CCN(c2ncc(Br)cc2Cl)CC1. The summed E-state index contributed by atoms with van der Waals surface area (Å²) in [6.45, 7) is 3.19. The summed E-state index contributed by atoms with van der Waals surface area (Å²) in [7, 11) is 2.01. The molecule has 0 radical (unpaired) electrons. The van der Waals surface area contributed by atoms with E-state index < -0.39 is 0 Å². The standard InChI is InChI=1S/C12H17BrClN3/c1-15-7-9-2-4-17(5-3-9)12-11(14)6-10(13)8-16-12/h6,8-9,15H,2-5,7H2,1H3. The number of piperidine rings is 1. The molecular weight excluding hydrogens is 302 g/mol. The lowest BCUT2D eigenvalue weighted by Crippen LogP contribution is -2.37. The molecule has 1 aromatic heterocycles. The van der Waals surface area contributed by atoms with Gasteiger partial charge in [-0.05, 0) is 54.3 Å². The van der Waals surface area contributed by atoms with Crippen molar-refractivity contribution >= 4 is 33.3 Å². The molecule has 0 saturated carbocycles. The molecule has 17 heavy (non-hydrogen) atoms. The normalized spacial score (nSPS) is 17.5. The Hall–Kier alpha value is -0.320. The van der Waals surface area contributed by atoms with Gasteiger partial charge in [0, 0.05) is 23.8 Å². The Morgan fingerprint density at radius 2 is 2.24 bits per heavy atom. The van der Waals surface area contributed by atoms with Crippen LogP contribution in [0.25, 0.3) is 0 Å². The van der Waals surface area contributed by atoms with Gasteiger partial charge in [0.2, 0.25) is 0 Å². The zero-order chi connectivity index (χ0) is 12.3. The number of anilines is 1. The first-order chi connectivity index (χ1) is 8.20. The summed E-state index contributed by atoms with van der Waals surface area (Å²) in [5, 5.41) is 3.97. The van der Waals surface area contributed by atoms with E-state index in [0.717, 1.165) is 40.9 Å². The van der Waals surface area contributed by atoms with Crippen LogP contribution in [-0.4, -0.2) is 31.7 Å². The van der Waals surface area contributed by atoms with Crippen molar-refractivity contribution in [3.8, 4) is 0 Å². The molecule has 2 rings (SSSR count). The Bertz CT molecular complexity index is 378. The zero-order valence-corrected chi connectivity index (χ0v) is 12.3. The van der Waals surface area contributed by atoms with E-state index in [1.807, 2.05) is 13.1 Å². The Kier molecular flexibility index (Phi) is 4.65. The fraction of sp³-hybridized carbons (Fsp3) is 0.583. The molecule has 0 aliphatic carbocycles. The average Bonchev–Trinajstić information content (AvgIpc) is 2.31. The van der Waals surface area contributed by atoms with Crippen LogP contribution in [0.4, 0.5) is 5.82 Å². The Balaban J connectivity index is 2.00. The Morgan fingerprint density at radius 3 is 2.82 bits per heavy atom. The van der Waals surface area contributed by atoms with E-state index in [9.17, 15) is 0 Å². The number of nitrogens with one attached hydrogen (secondary N) is 1. The minimum absolute atomic E-state index is 0.728. The van der Waals surface area contributed by atoms with Crippen molar-refractivity contribution in [2.24, 2.45) is 5.92 Å². The van der Waals surface area contributed by atoms with Crippen LogP contribution in [0.3, 0.4) is 0 Å². The van der Waals surface area contributed by atoms with Crippen LogP contribution in [0.1, 0.15) is 12.8 Å². The van der Waals surface area contributed by atoms with Gasteiger partial charge in [-0.15, -0.1) is 0 Å². The lowest BCUT2D eigenvalue weighted by Gasteiger charge is -2.33. The topological polar surface area (TPSA) is 28.2 Å². The van der Waals surface area contributed by atoms with Crippen molar-refractivity contribution in [2.45, 2.75) is 12.8 Å². The molecular formula is C12H17BrClN3. The number of nitrogens with zero attached hydrogens (tertiary/aromatic N) is 2. The van der Waals surface area contributed by atoms with Crippen LogP contribution in [0.15, 0.2) is 16.7 Å². The van der Waals surface area contributed by atoms with E-state index in [1.54, 1.807) is 6.20 Å². The summed E-state index contributed by atoms with van der Waals surface area (Å²) < 4.78 is 0.927. The third-order valence-electron chi connectivity index (χ3n) is 3.20. The smallest absolute Gasteiger partial charge is 0.147 e. The highest BCUT2D eigenvalue weighted by atomic mass is 79.9. The molecule has 2 heterocycles. The van der Waals surface area contributed by atoms with Crippen molar-refractivity contribution in [3.05, 3.63) is 21.8 Å². The predicted octanol–water partition coefficient (Wildman–Crippen LogP) is 2.93. The highest BCUT2D eigenvalue weighted by Crippen LogP contribution is 2.29. The van der Waals surface area contributed by atoms with Crippen LogP contribution in [0, 0.1) is 5.92 Å². The summed E-state index contributed by atoms with van der Waals surface area (Å²) in [5.41, 5.74) is 0.